The molecule has 5 heterocycles. The molecule has 0 N–H and O–H groups in total. The van der Waals surface area contributed by atoms with Gasteiger partial charge < -0.3 is 9.13 Å². The number of para-hydroxylation sites is 3. The van der Waals surface area contributed by atoms with Gasteiger partial charge in [-0.05, 0) is 36.4 Å². The van der Waals surface area contributed by atoms with Gasteiger partial charge in [0, 0.05) is 66.6 Å². The van der Waals surface area contributed by atoms with E-state index in [1.807, 2.05) is 66.9 Å². The summed E-state index contributed by atoms with van der Waals surface area (Å²) < 4.78 is 6.05. The fourth-order valence-corrected chi connectivity index (χ4v) is 9.68. The van der Waals surface area contributed by atoms with Crippen molar-refractivity contribution in [3.05, 3.63) is 176 Å². The van der Waals surface area contributed by atoms with Gasteiger partial charge in [-0.3, -0.25) is 0 Å². The predicted molar refractivity (Wildman–Crippen MR) is 233 cm³/mol. The molecule has 0 unspecified atom stereocenters. The summed E-state index contributed by atoms with van der Waals surface area (Å²) in [4.78, 5) is 25.5. The molecule has 0 amide bonds. The Balaban J connectivity index is 1.22. The smallest absolute Gasteiger partial charge is 0.164 e. The number of hydrogen-bond donors (Lipinski definition) is 0. The summed E-state index contributed by atoms with van der Waals surface area (Å²) in [7, 11) is 0. The molecular weight excluding hydrogens is 719 g/mol. The molecule has 0 atom stereocenters. The molecule has 7 aromatic carbocycles. The second-order valence-corrected chi connectivity index (χ2v) is 15.1. The molecule has 0 saturated carbocycles. The third-order valence-corrected chi connectivity index (χ3v) is 12.0. The number of aromatic nitrogens is 7. The Kier molecular flexibility index (Phi) is 6.96. The SMILES string of the molecule is c1ccc(-c2nc(-c3ccccc3)nc(-c3cccc(-n4c5ccccc5c5c6c7cncnc7sc6c6c(c7ccccc7n6-c6ccccc6)c54)c3)n2)cc1. The van der Waals surface area contributed by atoms with E-state index in [0.29, 0.717) is 17.5 Å². The highest BCUT2D eigenvalue weighted by molar-refractivity contribution is 7.26. The predicted octanol–water partition coefficient (Wildman–Crippen LogP) is 12.2. The molecule has 8 heteroatoms. The molecular formula is C49H29N7S. The van der Waals surface area contributed by atoms with Crippen LogP contribution in [0.5, 0.6) is 0 Å². The first-order valence-electron chi connectivity index (χ1n) is 18.8. The van der Waals surface area contributed by atoms with Crippen molar-refractivity contribution in [1.29, 1.82) is 0 Å². The summed E-state index contributed by atoms with van der Waals surface area (Å²) >= 11 is 1.74. The molecule has 0 aliphatic carbocycles. The first-order valence-corrected chi connectivity index (χ1v) is 19.7. The molecule has 0 saturated heterocycles. The van der Waals surface area contributed by atoms with Crippen molar-refractivity contribution in [2.24, 2.45) is 0 Å². The third-order valence-electron chi connectivity index (χ3n) is 10.9. The van der Waals surface area contributed by atoms with Crippen molar-refractivity contribution in [3.8, 4) is 45.5 Å². The molecule has 266 valence electrons. The van der Waals surface area contributed by atoms with Crippen LogP contribution in [-0.2, 0) is 0 Å². The Bertz CT molecular complexity index is 3460. The minimum atomic E-state index is 0.611. The monoisotopic (exact) mass is 747 g/mol. The van der Waals surface area contributed by atoms with Crippen LogP contribution in [0.25, 0.3) is 109 Å². The van der Waals surface area contributed by atoms with E-state index in [1.54, 1.807) is 17.7 Å². The zero-order chi connectivity index (χ0) is 37.5. The van der Waals surface area contributed by atoms with Crippen molar-refractivity contribution >= 4 is 75.3 Å². The van der Waals surface area contributed by atoms with E-state index < -0.39 is 0 Å². The first kappa shape index (κ1) is 31.8. The highest BCUT2D eigenvalue weighted by Crippen LogP contribution is 2.50. The van der Waals surface area contributed by atoms with Gasteiger partial charge in [-0.15, -0.1) is 11.3 Å². The van der Waals surface area contributed by atoms with Crippen molar-refractivity contribution in [1.82, 2.24) is 34.1 Å². The van der Waals surface area contributed by atoms with E-state index in [2.05, 4.69) is 117 Å². The highest BCUT2D eigenvalue weighted by atomic mass is 32.1. The van der Waals surface area contributed by atoms with E-state index in [-0.39, 0.29) is 0 Å². The second-order valence-electron chi connectivity index (χ2n) is 14.1. The van der Waals surface area contributed by atoms with Crippen molar-refractivity contribution in [2.45, 2.75) is 0 Å². The maximum Gasteiger partial charge on any atom is 0.164 e. The molecule has 0 bridgehead atoms. The summed E-state index contributed by atoms with van der Waals surface area (Å²) in [6, 6.07) is 57.0. The van der Waals surface area contributed by atoms with Gasteiger partial charge in [0.2, 0.25) is 0 Å². The minimum absolute atomic E-state index is 0.611. The number of benzene rings is 7. The van der Waals surface area contributed by atoms with Gasteiger partial charge in [-0.25, -0.2) is 24.9 Å². The molecule has 12 rings (SSSR count). The molecule has 7 nitrogen and oxygen atoms in total. The van der Waals surface area contributed by atoms with Gasteiger partial charge in [0.15, 0.2) is 17.5 Å². The summed E-state index contributed by atoms with van der Waals surface area (Å²) in [5.74, 6) is 1.87. The molecule has 0 aliphatic heterocycles. The normalized spacial score (nSPS) is 11.9. The van der Waals surface area contributed by atoms with E-state index in [1.165, 1.54) is 31.6 Å². The van der Waals surface area contributed by atoms with Crippen LogP contribution in [-0.4, -0.2) is 34.1 Å². The van der Waals surface area contributed by atoms with Crippen LogP contribution in [0, 0.1) is 0 Å². The van der Waals surface area contributed by atoms with Crippen molar-refractivity contribution in [2.75, 3.05) is 0 Å². The summed E-state index contributed by atoms with van der Waals surface area (Å²) in [5, 5.41) is 6.95. The number of hydrogen-bond acceptors (Lipinski definition) is 6. The van der Waals surface area contributed by atoms with E-state index in [9.17, 15) is 0 Å². The number of thiophene rings is 1. The molecule has 5 aromatic heterocycles. The van der Waals surface area contributed by atoms with Crippen molar-refractivity contribution in [3.63, 3.8) is 0 Å². The van der Waals surface area contributed by atoms with Gasteiger partial charge >= 0.3 is 0 Å². The molecule has 0 radical (unpaired) electrons. The summed E-state index contributed by atoms with van der Waals surface area (Å²) in [5.41, 5.74) is 9.43. The van der Waals surface area contributed by atoms with E-state index in [0.717, 1.165) is 60.3 Å². The maximum atomic E-state index is 5.10. The molecule has 0 fully saturated rings. The van der Waals surface area contributed by atoms with Crippen LogP contribution in [0.3, 0.4) is 0 Å². The zero-order valence-electron chi connectivity index (χ0n) is 30.3. The van der Waals surface area contributed by atoms with E-state index >= 15 is 0 Å². The third kappa shape index (κ3) is 4.81. The Hall–Kier alpha value is -7.55. The Labute approximate surface area is 329 Å². The minimum Gasteiger partial charge on any atom is -0.308 e. The zero-order valence-corrected chi connectivity index (χ0v) is 31.1. The lowest BCUT2D eigenvalue weighted by Gasteiger charge is -2.13. The Morgan fingerprint density at radius 1 is 0.421 bits per heavy atom. The number of nitrogens with zero attached hydrogens (tertiary/aromatic N) is 7. The topological polar surface area (TPSA) is 74.3 Å². The van der Waals surface area contributed by atoms with Crippen LogP contribution in [0.4, 0.5) is 0 Å². The van der Waals surface area contributed by atoms with Crippen molar-refractivity contribution < 1.29 is 0 Å². The Morgan fingerprint density at radius 2 is 0.947 bits per heavy atom. The quantitative estimate of drug-likeness (QED) is 0.175. The highest BCUT2D eigenvalue weighted by Gasteiger charge is 2.27. The van der Waals surface area contributed by atoms with Gasteiger partial charge in [-0.1, -0.05) is 127 Å². The molecule has 0 spiro atoms. The fourth-order valence-electron chi connectivity index (χ4n) is 8.52. The van der Waals surface area contributed by atoms with Crippen LogP contribution in [0.15, 0.2) is 176 Å². The van der Waals surface area contributed by atoms with Crippen LogP contribution in [0.2, 0.25) is 0 Å². The average Bonchev–Trinajstić information content (AvgIpc) is 3.95. The van der Waals surface area contributed by atoms with Gasteiger partial charge in [0.25, 0.3) is 0 Å². The van der Waals surface area contributed by atoms with Crippen LogP contribution < -0.4 is 0 Å². The van der Waals surface area contributed by atoms with E-state index in [4.69, 9.17) is 19.9 Å². The summed E-state index contributed by atoms with van der Waals surface area (Å²) in [6.45, 7) is 0. The molecule has 57 heavy (non-hydrogen) atoms. The largest absolute Gasteiger partial charge is 0.308 e. The lowest BCUT2D eigenvalue weighted by molar-refractivity contribution is 1.07. The lowest BCUT2D eigenvalue weighted by Crippen LogP contribution is -2.01. The van der Waals surface area contributed by atoms with Gasteiger partial charge in [0.1, 0.15) is 11.2 Å². The second kappa shape index (κ2) is 12.5. The van der Waals surface area contributed by atoms with Crippen LogP contribution >= 0.6 is 11.3 Å². The Morgan fingerprint density at radius 3 is 1.61 bits per heavy atom. The lowest BCUT2D eigenvalue weighted by atomic mass is 10.0. The first-order chi connectivity index (χ1) is 28.3. The molecule has 12 aromatic rings. The maximum absolute atomic E-state index is 5.10. The fraction of sp³-hybridized carbons (Fsp3) is 0. The average molecular weight is 748 g/mol. The number of rotatable bonds is 5. The summed E-state index contributed by atoms with van der Waals surface area (Å²) in [6.07, 6.45) is 3.63. The van der Waals surface area contributed by atoms with Crippen LogP contribution in [0.1, 0.15) is 0 Å². The van der Waals surface area contributed by atoms with Gasteiger partial charge in [-0.2, -0.15) is 0 Å². The number of fused-ring (bicyclic) bond motifs is 12. The van der Waals surface area contributed by atoms with Gasteiger partial charge in [0.05, 0.1) is 26.8 Å². The standard InChI is InChI=1S/C49H29N7S/c1-4-15-30(16-5-1)46-52-47(31-17-6-2-7-18-31)54-48(53-46)32-19-14-22-34(27-32)56-38-25-12-10-23-35(38)40-41-37-28-50-29-51-49(37)57-45(41)44-42(43(40)56)36-24-11-13-26-39(36)55(44)33-20-8-3-9-21-33/h1-29H. The molecule has 0 aliphatic rings.